The summed E-state index contributed by atoms with van der Waals surface area (Å²) in [4.78, 5) is 11.5. The highest BCUT2D eigenvalue weighted by molar-refractivity contribution is 7.82. The molecule has 1 aromatic heterocycles. The zero-order valence-electron chi connectivity index (χ0n) is 18.5. The van der Waals surface area contributed by atoms with Crippen molar-refractivity contribution in [3.8, 4) is 22.8 Å². The van der Waals surface area contributed by atoms with E-state index in [1.807, 2.05) is 37.2 Å². The average molecular weight is 447 g/mol. The fourth-order valence-corrected chi connectivity index (χ4v) is 4.55. The van der Waals surface area contributed by atoms with Crippen molar-refractivity contribution in [2.45, 2.75) is 20.8 Å². The zero-order valence-corrected chi connectivity index (χ0v) is 19.4. The summed E-state index contributed by atoms with van der Waals surface area (Å²) >= 11 is 0. The molecule has 0 spiro atoms. The van der Waals surface area contributed by atoms with E-state index < -0.39 is 11.0 Å². The summed E-state index contributed by atoms with van der Waals surface area (Å²) in [6.45, 7) is 12.9. The predicted octanol–water partition coefficient (Wildman–Crippen LogP) is 1.50. The van der Waals surface area contributed by atoms with Gasteiger partial charge in [0.25, 0.3) is 0 Å². The third-order valence-electron chi connectivity index (χ3n) is 5.29. The Morgan fingerprint density at radius 2 is 1.94 bits per heavy atom. The SMILES string of the molecule is C=Nn1c(C)cc(-c2c(C)cc(OC)cc2O)n/c1=N/CN1CCN(S(=O)CC)CC1. The molecular formula is C21H30N6O3S. The Kier molecular flexibility index (Phi) is 7.58. The molecule has 1 aromatic carbocycles. The van der Waals surface area contributed by atoms with Gasteiger partial charge in [-0.25, -0.2) is 23.2 Å². The second-order valence-electron chi connectivity index (χ2n) is 7.33. The lowest BCUT2D eigenvalue weighted by molar-refractivity contribution is 0.195. The summed E-state index contributed by atoms with van der Waals surface area (Å²) in [6, 6.07) is 5.28. The van der Waals surface area contributed by atoms with Crippen molar-refractivity contribution in [1.82, 2.24) is 18.9 Å². The first-order valence-corrected chi connectivity index (χ1v) is 11.5. The molecule has 0 radical (unpaired) electrons. The molecule has 1 saturated heterocycles. The first-order chi connectivity index (χ1) is 14.9. The molecule has 1 unspecified atom stereocenters. The molecule has 1 aliphatic heterocycles. The lowest BCUT2D eigenvalue weighted by Gasteiger charge is -2.32. The van der Waals surface area contributed by atoms with E-state index in [0.29, 0.717) is 35.0 Å². The molecule has 1 fully saturated rings. The molecule has 0 saturated carbocycles. The molecule has 0 bridgehead atoms. The summed E-state index contributed by atoms with van der Waals surface area (Å²) in [6.07, 6.45) is 0. The molecule has 1 atom stereocenters. The lowest BCUT2D eigenvalue weighted by atomic mass is 10.0. The number of phenols is 1. The summed E-state index contributed by atoms with van der Waals surface area (Å²) in [5, 5.41) is 14.6. The number of benzene rings is 1. The normalized spacial score (nSPS) is 17.0. The highest BCUT2D eigenvalue weighted by Crippen LogP contribution is 2.34. The number of aryl methyl sites for hydroxylation is 2. The van der Waals surface area contributed by atoms with E-state index in [0.717, 1.165) is 37.4 Å². The number of hydrogen-bond donors (Lipinski definition) is 1. The molecule has 3 rings (SSSR count). The van der Waals surface area contributed by atoms with E-state index in [9.17, 15) is 9.32 Å². The Bertz CT molecular complexity index is 1020. The van der Waals surface area contributed by atoms with Gasteiger partial charge in [0.2, 0.25) is 5.62 Å². The third-order valence-corrected chi connectivity index (χ3v) is 6.72. The number of rotatable bonds is 7. The second-order valence-corrected chi connectivity index (χ2v) is 9.07. The molecule has 0 aliphatic carbocycles. The minimum atomic E-state index is -0.904. The van der Waals surface area contributed by atoms with Crippen LogP contribution in [0.4, 0.5) is 0 Å². The smallest absolute Gasteiger partial charge is 0.247 e. The maximum atomic E-state index is 12.0. The van der Waals surface area contributed by atoms with Gasteiger partial charge in [0.1, 0.15) is 11.5 Å². The Labute approximate surface area is 185 Å². The Morgan fingerprint density at radius 3 is 2.52 bits per heavy atom. The molecular weight excluding hydrogens is 416 g/mol. The number of ether oxygens (including phenoxy) is 1. The van der Waals surface area contributed by atoms with Gasteiger partial charge in [-0.15, -0.1) is 0 Å². The van der Waals surface area contributed by atoms with Gasteiger partial charge in [0.15, 0.2) is 0 Å². The third kappa shape index (κ3) is 5.20. The quantitative estimate of drug-likeness (QED) is 0.651. The fourth-order valence-electron chi connectivity index (χ4n) is 3.62. The van der Waals surface area contributed by atoms with E-state index in [2.05, 4.69) is 26.7 Å². The van der Waals surface area contributed by atoms with Crippen LogP contribution in [0.15, 0.2) is 28.3 Å². The molecule has 1 N–H and O–H groups in total. The maximum Gasteiger partial charge on any atom is 0.247 e. The van der Waals surface area contributed by atoms with Gasteiger partial charge in [0.05, 0.1) is 30.5 Å². The van der Waals surface area contributed by atoms with Gasteiger partial charge in [0, 0.05) is 56.0 Å². The van der Waals surface area contributed by atoms with Gasteiger partial charge in [-0.2, -0.15) is 5.10 Å². The van der Waals surface area contributed by atoms with Crippen LogP contribution in [0.25, 0.3) is 11.3 Å². The van der Waals surface area contributed by atoms with Gasteiger partial charge in [-0.3, -0.25) is 4.90 Å². The Balaban J connectivity index is 1.90. The standard InChI is InChI=1S/C21H30N6O3S/c1-6-31(29)26-9-7-25(8-10-26)14-23-21-24-18(12-16(3)27(21)22-4)20-15(2)11-17(30-5)13-19(20)28/h11-13,28H,4,6-10,14H2,1-3,5H3/b23-21-. The summed E-state index contributed by atoms with van der Waals surface area (Å²) in [5.41, 5.74) is 3.30. The van der Waals surface area contributed by atoms with Crippen LogP contribution in [0.2, 0.25) is 0 Å². The van der Waals surface area contributed by atoms with E-state index in [1.54, 1.807) is 17.9 Å². The van der Waals surface area contributed by atoms with E-state index in [1.165, 1.54) is 0 Å². The Morgan fingerprint density at radius 1 is 1.23 bits per heavy atom. The zero-order chi connectivity index (χ0) is 22.5. The van der Waals surface area contributed by atoms with Crippen molar-refractivity contribution >= 4 is 17.7 Å². The number of methoxy groups -OCH3 is 1. The molecule has 0 amide bonds. The highest BCUT2D eigenvalue weighted by Gasteiger charge is 2.20. The number of aromatic nitrogens is 2. The van der Waals surface area contributed by atoms with Crippen molar-refractivity contribution in [2.24, 2.45) is 10.1 Å². The molecule has 1 aliphatic rings. The highest BCUT2D eigenvalue weighted by atomic mass is 32.2. The molecule has 9 nitrogen and oxygen atoms in total. The summed E-state index contributed by atoms with van der Waals surface area (Å²) in [7, 11) is 0.660. The number of hydrogen-bond acceptors (Lipinski definition) is 7. The molecule has 31 heavy (non-hydrogen) atoms. The van der Waals surface area contributed by atoms with Crippen LogP contribution >= 0.6 is 0 Å². The lowest BCUT2D eigenvalue weighted by Crippen LogP contribution is -2.47. The monoisotopic (exact) mass is 446 g/mol. The summed E-state index contributed by atoms with van der Waals surface area (Å²) in [5.74, 6) is 1.32. The van der Waals surface area contributed by atoms with Crippen molar-refractivity contribution < 1.29 is 14.1 Å². The van der Waals surface area contributed by atoms with Gasteiger partial charge in [-0.05, 0) is 31.5 Å². The number of nitrogens with zero attached hydrogens (tertiary/aromatic N) is 6. The van der Waals surface area contributed by atoms with Crippen molar-refractivity contribution in [3.63, 3.8) is 0 Å². The minimum absolute atomic E-state index is 0.0964. The van der Waals surface area contributed by atoms with Crippen LogP contribution < -0.4 is 10.4 Å². The molecule has 10 heteroatoms. The minimum Gasteiger partial charge on any atom is -0.507 e. The molecule has 168 valence electrons. The average Bonchev–Trinajstić information content (AvgIpc) is 2.76. The first-order valence-electron chi connectivity index (χ1n) is 10.2. The predicted molar refractivity (Wildman–Crippen MR) is 123 cm³/mol. The fraction of sp³-hybridized carbons (Fsp3) is 0.476. The topological polar surface area (TPSA) is 95.5 Å². The number of piperazine rings is 1. The van der Waals surface area contributed by atoms with Crippen LogP contribution in [0.1, 0.15) is 18.2 Å². The molecule has 2 heterocycles. The number of phenolic OH excluding ortho intramolecular Hbond substituents is 1. The van der Waals surface area contributed by atoms with Crippen LogP contribution in [0, 0.1) is 13.8 Å². The van der Waals surface area contributed by atoms with Gasteiger partial charge >= 0.3 is 0 Å². The van der Waals surface area contributed by atoms with E-state index >= 15 is 0 Å². The van der Waals surface area contributed by atoms with E-state index in [4.69, 9.17) is 4.74 Å². The summed E-state index contributed by atoms with van der Waals surface area (Å²) < 4.78 is 20.8. The van der Waals surface area contributed by atoms with Crippen LogP contribution in [-0.2, 0) is 11.0 Å². The van der Waals surface area contributed by atoms with Gasteiger partial charge in [-0.1, -0.05) is 6.92 Å². The first kappa shape index (κ1) is 23.1. The van der Waals surface area contributed by atoms with Crippen molar-refractivity contribution in [1.29, 1.82) is 0 Å². The largest absolute Gasteiger partial charge is 0.507 e. The Hall–Kier alpha value is -2.56. The van der Waals surface area contributed by atoms with Crippen LogP contribution in [0.3, 0.4) is 0 Å². The van der Waals surface area contributed by atoms with Crippen molar-refractivity contribution in [3.05, 3.63) is 35.1 Å². The number of aromatic hydroxyl groups is 1. The maximum absolute atomic E-state index is 12.0. The second kappa shape index (κ2) is 10.2. The van der Waals surface area contributed by atoms with Crippen LogP contribution in [0.5, 0.6) is 11.5 Å². The molecule has 2 aromatic rings. The van der Waals surface area contributed by atoms with Crippen LogP contribution in [-0.4, -0.2) is 80.6 Å². The van der Waals surface area contributed by atoms with E-state index in [-0.39, 0.29) is 5.75 Å². The van der Waals surface area contributed by atoms with Crippen molar-refractivity contribution in [2.75, 3.05) is 45.7 Å². The van der Waals surface area contributed by atoms with Gasteiger partial charge < -0.3 is 9.84 Å².